The first-order valence-corrected chi connectivity index (χ1v) is 4.95. The number of carbonyl (C=O) groups is 1. The maximum Gasteiger partial charge on any atom is 0.413 e. The van der Waals surface area contributed by atoms with Crippen LogP contribution < -0.4 is 10.8 Å². The predicted octanol–water partition coefficient (Wildman–Crippen LogP) is 1.99. The van der Waals surface area contributed by atoms with Gasteiger partial charge in [-0.15, -0.1) is 0 Å². The first-order chi connectivity index (χ1) is 8.79. The second kappa shape index (κ2) is 6.43. The molecular formula is C10H9F5N2O2. The molecule has 0 aliphatic heterocycles. The SMILES string of the molecule is O=C(CNOCC(F)(F)F)Nc1c(F)cccc1F. The van der Waals surface area contributed by atoms with Gasteiger partial charge in [0.2, 0.25) is 5.91 Å². The Labute approximate surface area is 104 Å². The Kier molecular flexibility index (Phi) is 5.19. The molecule has 0 aliphatic rings. The Balaban J connectivity index is 2.40. The first-order valence-electron chi connectivity index (χ1n) is 4.95. The van der Waals surface area contributed by atoms with Crippen LogP contribution in [0, 0.1) is 11.6 Å². The van der Waals surface area contributed by atoms with Crippen LogP contribution in [-0.2, 0) is 9.63 Å². The summed E-state index contributed by atoms with van der Waals surface area (Å²) in [5.74, 6) is -2.94. The molecular weight excluding hydrogens is 275 g/mol. The molecule has 0 unspecified atom stereocenters. The molecule has 0 fully saturated rings. The maximum atomic E-state index is 13.1. The average molecular weight is 284 g/mol. The monoisotopic (exact) mass is 284 g/mol. The number of hydroxylamine groups is 1. The fourth-order valence-electron chi connectivity index (χ4n) is 1.05. The summed E-state index contributed by atoms with van der Waals surface area (Å²) in [6.07, 6.45) is -4.54. The van der Waals surface area contributed by atoms with Crippen molar-refractivity contribution in [2.45, 2.75) is 6.18 Å². The topological polar surface area (TPSA) is 50.4 Å². The fourth-order valence-corrected chi connectivity index (χ4v) is 1.05. The first kappa shape index (κ1) is 15.3. The average Bonchev–Trinajstić information content (AvgIpc) is 2.28. The van der Waals surface area contributed by atoms with Crippen LogP contribution in [0.2, 0.25) is 0 Å². The van der Waals surface area contributed by atoms with E-state index in [2.05, 4.69) is 4.84 Å². The van der Waals surface area contributed by atoms with E-state index in [0.717, 1.165) is 18.2 Å². The smallest absolute Gasteiger partial charge is 0.320 e. The van der Waals surface area contributed by atoms with Crippen LogP contribution in [0.3, 0.4) is 0 Å². The number of rotatable bonds is 5. The van der Waals surface area contributed by atoms with Crippen LogP contribution in [0.5, 0.6) is 0 Å². The molecule has 0 radical (unpaired) electrons. The van der Waals surface area contributed by atoms with Crippen molar-refractivity contribution in [3.05, 3.63) is 29.8 Å². The molecule has 0 saturated heterocycles. The predicted molar refractivity (Wildman–Crippen MR) is 55.0 cm³/mol. The second-order valence-electron chi connectivity index (χ2n) is 3.37. The number of hydrogen-bond acceptors (Lipinski definition) is 3. The maximum absolute atomic E-state index is 13.1. The summed E-state index contributed by atoms with van der Waals surface area (Å²) in [6, 6.07) is 2.95. The molecule has 9 heteroatoms. The quantitative estimate of drug-likeness (QED) is 0.494. The van der Waals surface area contributed by atoms with E-state index in [4.69, 9.17) is 0 Å². The molecule has 1 aromatic rings. The summed E-state index contributed by atoms with van der Waals surface area (Å²) in [5.41, 5.74) is 1.05. The minimum Gasteiger partial charge on any atom is -0.320 e. The molecule has 0 bridgehead atoms. The fraction of sp³-hybridized carbons (Fsp3) is 0.300. The number of anilines is 1. The molecule has 0 spiro atoms. The highest BCUT2D eigenvalue weighted by molar-refractivity contribution is 5.92. The van der Waals surface area contributed by atoms with Crippen molar-refractivity contribution >= 4 is 11.6 Å². The van der Waals surface area contributed by atoms with E-state index >= 15 is 0 Å². The highest BCUT2D eigenvalue weighted by Gasteiger charge is 2.27. The van der Waals surface area contributed by atoms with Crippen molar-refractivity contribution in [3.63, 3.8) is 0 Å². The van der Waals surface area contributed by atoms with Crippen LogP contribution in [0.4, 0.5) is 27.6 Å². The molecule has 0 heterocycles. The third-order valence-corrected chi connectivity index (χ3v) is 1.80. The van der Waals surface area contributed by atoms with E-state index in [1.54, 1.807) is 5.48 Å². The van der Waals surface area contributed by atoms with E-state index in [9.17, 15) is 26.7 Å². The van der Waals surface area contributed by atoms with Crippen molar-refractivity contribution in [1.29, 1.82) is 0 Å². The van der Waals surface area contributed by atoms with Gasteiger partial charge < -0.3 is 5.32 Å². The Morgan fingerprint density at radius 3 is 2.32 bits per heavy atom. The lowest BCUT2D eigenvalue weighted by atomic mass is 10.3. The Hall–Kier alpha value is -1.74. The molecule has 4 nitrogen and oxygen atoms in total. The molecule has 0 atom stereocenters. The molecule has 1 rings (SSSR count). The molecule has 1 amide bonds. The van der Waals surface area contributed by atoms with E-state index < -0.39 is 42.6 Å². The van der Waals surface area contributed by atoms with Gasteiger partial charge >= 0.3 is 6.18 Å². The minimum atomic E-state index is -4.54. The van der Waals surface area contributed by atoms with Gasteiger partial charge in [0, 0.05) is 0 Å². The van der Waals surface area contributed by atoms with Crippen LogP contribution in [-0.4, -0.2) is 25.2 Å². The van der Waals surface area contributed by atoms with Gasteiger partial charge in [0.15, 0.2) is 6.61 Å². The highest BCUT2D eigenvalue weighted by atomic mass is 19.4. The van der Waals surface area contributed by atoms with Gasteiger partial charge in [-0.3, -0.25) is 9.63 Å². The van der Waals surface area contributed by atoms with Gasteiger partial charge in [-0.1, -0.05) is 6.07 Å². The second-order valence-corrected chi connectivity index (χ2v) is 3.37. The van der Waals surface area contributed by atoms with Crippen LogP contribution in [0.1, 0.15) is 0 Å². The number of nitrogens with one attached hydrogen (secondary N) is 2. The zero-order valence-corrected chi connectivity index (χ0v) is 9.35. The molecule has 2 N–H and O–H groups in total. The van der Waals surface area contributed by atoms with Crippen molar-refractivity contribution in [2.24, 2.45) is 0 Å². The number of alkyl halides is 3. The third-order valence-electron chi connectivity index (χ3n) is 1.80. The summed E-state index contributed by atoms with van der Waals surface area (Å²) in [4.78, 5) is 15.1. The van der Waals surface area contributed by atoms with E-state index in [1.807, 2.05) is 5.32 Å². The molecule has 106 valence electrons. The number of benzene rings is 1. The lowest BCUT2D eigenvalue weighted by molar-refractivity contribution is -0.189. The van der Waals surface area contributed by atoms with E-state index in [0.29, 0.717) is 0 Å². The van der Waals surface area contributed by atoms with Gasteiger partial charge in [0.1, 0.15) is 23.9 Å². The lowest BCUT2D eigenvalue weighted by Gasteiger charge is -2.09. The van der Waals surface area contributed by atoms with Gasteiger partial charge in [0.25, 0.3) is 0 Å². The number of para-hydroxylation sites is 1. The highest BCUT2D eigenvalue weighted by Crippen LogP contribution is 2.17. The van der Waals surface area contributed by atoms with Crippen molar-refractivity contribution in [1.82, 2.24) is 5.48 Å². The standard InChI is InChI=1S/C10H9F5N2O2/c11-6-2-1-3-7(12)9(6)17-8(18)4-16-19-5-10(13,14)15/h1-3,16H,4-5H2,(H,17,18). The summed E-state index contributed by atoms with van der Waals surface area (Å²) in [7, 11) is 0. The van der Waals surface area contributed by atoms with Crippen molar-refractivity contribution in [3.8, 4) is 0 Å². The van der Waals surface area contributed by atoms with E-state index in [1.165, 1.54) is 0 Å². The van der Waals surface area contributed by atoms with Gasteiger partial charge in [0.05, 0.1) is 0 Å². The summed E-state index contributed by atoms with van der Waals surface area (Å²) < 4.78 is 61.2. The van der Waals surface area contributed by atoms with E-state index in [-0.39, 0.29) is 0 Å². The number of hydrogen-bond donors (Lipinski definition) is 2. The summed E-state index contributed by atoms with van der Waals surface area (Å²) in [6.45, 7) is -2.28. The zero-order valence-electron chi connectivity index (χ0n) is 9.35. The van der Waals surface area contributed by atoms with Crippen LogP contribution in [0.15, 0.2) is 18.2 Å². The van der Waals surface area contributed by atoms with Crippen molar-refractivity contribution < 1.29 is 31.6 Å². The largest absolute Gasteiger partial charge is 0.413 e. The van der Waals surface area contributed by atoms with Crippen LogP contribution >= 0.6 is 0 Å². The zero-order chi connectivity index (χ0) is 14.5. The van der Waals surface area contributed by atoms with Crippen molar-refractivity contribution in [2.75, 3.05) is 18.5 Å². The molecule has 1 aromatic carbocycles. The summed E-state index contributed by atoms with van der Waals surface area (Å²) >= 11 is 0. The third kappa shape index (κ3) is 5.62. The normalized spacial score (nSPS) is 11.4. The Morgan fingerprint density at radius 2 is 1.79 bits per heavy atom. The van der Waals surface area contributed by atoms with Gasteiger partial charge in [-0.05, 0) is 12.1 Å². The lowest BCUT2D eigenvalue weighted by Crippen LogP contribution is -2.32. The van der Waals surface area contributed by atoms with Gasteiger partial charge in [-0.2, -0.15) is 18.7 Å². The van der Waals surface area contributed by atoms with Crippen LogP contribution in [0.25, 0.3) is 0 Å². The molecule has 19 heavy (non-hydrogen) atoms. The molecule has 0 aromatic heterocycles. The van der Waals surface area contributed by atoms with Gasteiger partial charge in [-0.25, -0.2) is 8.78 Å². The number of carbonyl (C=O) groups excluding carboxylic acids is 1. The molecule has 0 saturated carbocycles. The Morgan fingerprint density at radius 1 is 1.21 bits per heavy atom. The summed E-state index contributed by atoms with van der Waals surface area (Å²) in [5, 5.41) is 1.86. The Bertz CT molecular complexity index is 430. The molecule has 0 aliphatic carbocycles. The number of amides is 1. The minimum absolute atomic E-state index is 0.676. The number of halogens is 5.